The number of nitrogen functional groups attached to an aromatic ring is 1. The highest BCUT2D eigenvalue weighted by Crippen LogP contribution is 2.19. The molecule has 0 radical (unpaired) electrons. The second-order valence-corrected chi connectivity index (χ2v) is 5.00. The van der Waals surface area contributed by atoms with Crippen molar-refractivity contribution in [3.8, 4) is 0 Å². The lowest BCUT2D eigenvalue weighted by Gasteiger charge is -2.30. The van der Waals surface area contributed by atoms with Crippen LogP contribution in [0.5, 0.6) is 0 Å². The van der Waals surface area contributed by atoms with Gasteiger partial charge in [-0.25, -0.2) is 0 Å². The molecular weight excluding hydrogens is 278 g/mol. The molecule has 1 saturated heterocycles. The fourth-order valence-corrected chi connectivity index (χ4v) is 2.43. The Bertz CT molecular complexity index is 485. The summed E-state index contributed by atoms with van der Waals surface area (Å²) in [6, 6.07) is 7.65. The van der Waals surface area contributed by atoms with Crippen molar-refractivity contribution in [1.82, 2.24) is 4.90 Å². The molecule has 0 aromatic heterocycles. The first-order valence-electron chi connectivity index (χ1n) is 6.45. The van der Waals surface area contributed by atoms with Gasteiger partial charge in [0.25, 0.3) is 0 Å². The number of aliphatic carboxylic acids is 1. The molecule has 0 atom stereocenters. The van der Waals surface area contributed by atoms with Gasteiger partial charge in [0.1, 0.15) is 5.84 Å². The predicted molar refractivity (Wildman–Crippen MR) is 80.3 cm³/mol. The van der Waals surface area contributed by atoms with Gasteiger partial charge in [0.05, 0.1) is 5.92 Å². The van der Waals surface area contributed by atoms with Crippen LogP contribution in [0.3, 0.4) is 0 Å². The predicted octanol–water partition coefficient (Wildman–Crippen LogP) is 1.69. The fraction of sp³-hybridized carbons (Fsp3) is 0.429. The number of nitrogens with one attached hydrogen (secondary N) is 1. The Balaban J connectivity index is 0.00000200. The SMILES string of the molecule is Cl.N=C(N)c1cccc(CN2CCC(C(=O)O)CC2)c1. The molecule has 1 aliphatic heterocycles. The van der Waals surface area contributed by atoms with E-state index in [1.807, 2.05) is 24.3 Å². The van der Waals surface area contributed by atoms with E-state index >= 15 is 0 Å². The van der Waals surface area contributed by atoms with Crippen LogP contribution in [-0.2, 0) is 11.3 Å². The van der Waals surface area contributed by atoms with Crippen molar-refractivity contribution < 1.29 is 9.90 Å². The Hall–Kier alpha value is -1.59. The summed E-state index contributed by atoms with van der Waals surface area (Å²) < 4.78 is 0. The topological polar surface area (TPSA) is 90.4 Å². The van der Waals surface area contributed by atoms with Gasteiger partial charge in [-0.15, -0.1) is 12.4 Å². The Morgan fingerprint density at radius 2 is 2.05 bits per heavy atom. The summed E-state index contributed by atoms with van der Waals surface area (Å²) in [6.45, 7) is 2.40. The second kappa shape index (κ2) is 7.26. The quantitative estimate of drug-likeness (QED) is 0.583. The van der Waals surface area contributed by atoms with E-state index in [1.54, 1.807) is 0 Å². The maximum Gasteiger partial charge on any atom is 0.306 e. The minimum atomic E-state index is -0.682. The number of hydrogen-bond acceptors (Lipinski definition) is 3. The highest BCUT2D eigenvalue weighted by Gasteiger charge is 2.24. The molecule has 0 aliphatic carbocycles. The normalized spacial score (nSPS) is 16.4. The van der Waals surface area contributed by atoms with E-state index in [0.29, 0.717) is 12.8 Å². The maximum atomic E-state index is 10.9. The van der Waals surface area contributed by atoms with Crippen molar-refractivity contribution in [3.63, 3.8) is 0 Å². The number of halogens is 1. The molecule has 2 rings (SSSR count). The zero-order valence-electron chi connectivity index (χ0n) is 11.2. The molecule has 5 nitrogen and oxygen atoms in total. The molecule has 6 heteroatoms. The number of carboxylic acid groups (broad SMARTS) is 1. The zero-order chi connectivity index (χ0) is 13.8. The van der Waals surface area contributed by atoms with Gasteiger partial charge in [0.15, 0.2) is 0 Å². The Kier molecular flexibility index (Phi) is 5.98. The lowest BCUT2D eigenvalue weighted by Crippen LogP contribution is -2.35. The molecule has 4 N–H and O–H groups in total. The molecule has 0 amide bonds. The number of nitrogens with zero attached hydrogens (tertiary/aromatic N) is 1. The summed E-state index contributed by atoms with van der Waals surface area (Å²) in [7, 11) is 0. The highest BCUT2D eigenvalue weighted by molar-refractivity contribution is 5.95. The van der Waals surface area contributed by atoms with Crippen molar-refractivity contribution in [3.05, 3.63) is 35.4 Å². The molecule has 0 spiro atoms. The van der Waals surface area contributed by atoms with Gasteiger partial charge in [-0.2, -0.15) is 0 Å². The van der Waals surface area contributed by atoms with Gasteiger partial charge in [-0.05, 0) is 37.6 Å². The van der Waals surface area contributed by atoms with Crippen LogP contribution >= 0.6 is 12.4 Å². The molecule has 0 saturated carbocycles. The van der Waals surface area contributed by atoms with Gasteiger partial charge in [0, 0.05) is 12.1 Å². The number of carbonyl (C=O) groups is 1. The minimum Gasteiger partial charge on any atom is -0.481 e. The molecule has 1 aromatic rings. The van der Waals surface area contributed by atoms with Gasteiger partial charge < -0.3 is 10.8 Å². The molecule has 0 unspecified atom stereocenters. The lowest BCUT2D eigenvalue weighted by molar-refractivity contribution is -0.143. The molecule has 0 bridgehead atoms. The Morgan fingerprint density at radius 3 is 2.60 bits per heavy atom. The van der Waals surface area contributed by atoms with Gasteiger partial charge in [-0.1, -0.05) is 18.2 Å². The third kappa shape index (κ3) is 4.21. The van der Waals surface area contributed by atoms with Crippen molar-refractivity contribution in [1.29, 1.82) is 5.41 Å². The summed E-state index contributed by atoms with van der Waals surface area (Å²) >= 11 is 0. The number of benzene rings is 1. The Labute approximate surface area is 124 Å². The first-order chi connectivity index (χ1) is 9.06. The van der Waals surface area contributed by atoms with Gasteiger partial charge in [0.2, 0.25) is 0 Å². The van der Waals surface area contributed by atoms with E-state index in [-0.39, 0.29) is 24.2 Å². The van der Waals surface area contributed by atoms with Crippen molar-refractivity contribution >= 4 is 24.2 Å². The number of nitrogens with two attached hydrogens (primary N) is 1. The molecule has 1 aromatic carbocycles. The van der Waals surface area contributed by atoms with Crippen molar-refractivity contribution in [2.45, 2.75) is 19.4 Å². The third-order valence-electron chi connectivity index (χ3n) is 3.58. The number of rotatable bonds is 4. The van der Waals surface area contributed by atoms with Crippen molar-refractivity contribution in [2.24, 2.45) is 11.7 Å². The number of carboxylic acids is 1. The molecular formula is C14H20ClN3O2. The molecule has 1 heterocycles. The monoisotopic (exact) mass is 297 g/mol. The number of likely N-dealkylation sites (tertiary alicyclic amines) is 1. The van der Waals surface area contributed by atoms with Crippen molar-refractivity contribution in [2.75, 3.05) is 13.1 Å². The summed E-state index contributed by atoms with van der Waals surface area (Å²) in [5, 5.41) is 16.4. The molecule has 1 fully saturated rings. The van der Waals surface area contributed by atoms with Crippen LogP contribution in [0.15, 0.2) is 24.3 Å². The first-order valence-corrected chi connectivity index (χ1v) is 6.45. The van der Waals surface area contributed by atoms with Crippen LogP contribution in [0.25, 0.3) is 0 Å². The average molecular weight is 298 g/mol. The molecule has 20 heavy (non-hydrogen) atoms. The Morgan fingerprint density at radius 1 is 1.40 bits per heavy atom. The summed E-state index contributed by atoms with van der Waals surface area (Å²) in [6.07, 6.45) is 1.42. The van der Waals surface area contributed by atoms with Crippen LogP contribution < -0.4 is 5.73 Å². The largest absolute Gasteiger partial charge is 0.481 e. The standard InChI is InChI=1S/C14H19N3O2.ClH/c15-13(16)12-3-1-2-10(8-12)9-17-6-4-11(5-7-17)14(18)19;/h1-3,8,11H,4-7,9H2,(H3,15,16)(H,18,19);1H. The van der Waals surface area contributed by atoms with Crippen LogP contribution in [-0.4, -0.2) is 34.9 Å². The number of amidine groups is 1. The fourth-order valence-electron chi connectivity index (χ4n) is 2.43. The maximum absolute atomic E-state index is 10.9. The third-order valence-corrected chi connectivity index (χ3v) is 3.58. The van der Waals surface area contributed by atoms with Crippen LogP contribution in [0, 0.1) is 11.3 Å². The second-order valence-electron chi connectivity index (χ2n) is 5.00. The summed E-state index contributed by atoms with van der Waals surface area (Å²) in [5.41, 5.74) is 7.32. The number of hydrogen-bond donors (Lipinski definition) is 3. The van der Waals surface area contributed by atoms with Gasteiger partial charge >= 0.3 is 5.97 Å². The minimum absolute atomic E-state index is 0. The zero-order valence-corrected chi connectivity index (χ0v) is 12.0. The van der Waals surface area contributed by atoms with E-state index in [9.17, 15) is 4.79 Å². The van der Waals surface area contributed by atoms with Gasteiger partial charge in [-0.3, -0.25) is 15.1 Å². The van der Waals surface area contributed by atoms with E-state index < -0.39 is 5.97 Å². The number of piperidine rings is 1. The first kappa shape index (κ1) is 16.5. The van der Waals surface area contributed by atoms with Crippen LogP contribution in [0.2, 0.25) is 0 Å². The van der Waals surface area contributed by atoms with E-state index in [2.05, 4.69) is 4.90 Å². The van der Waals surface area contributed by atoms with E-state index in [1.165, 1.54) is 0 Å². The summed E-state index contributed by atoms with van der Waals surface area (Å²) in [4.78, 5) is 13.1. The van der Waals surface area contributed by atoms with Crippen LogP contribution in [0.4, 0.5) is 0 Å². The summed E-state index contributed by atoms with van der Waals surface area (Å²) in [5.74, 6) is -0.801. The highest BCUT2D eigenvalue weighted by atomic mass is 35.5. The molecule has 110 valence electrons. The average Bonchev–Trinajstić information content (AvgIpc) is 2.39. The van der Waals surface area contributed by atoms with Crippen LogP contribution in [0.1, 0.15) is 24.0 Å². The smallest absolute Gasteiger partial charge is 0.306 e. The van der Waals surface area contributed by atoms with E-state index in [0.717, 1.165) is 30.8 Å². The van der Waals surface area contributed by atoms with E-state index in [4.69, 9.17) is 16.2 Å². The molecule has 1 aliphatic rings. The lowest BCUT2D eigenvalue weighted by atomic mass is 9.96.